The van der Waals surface area contributed by atoms with Gasteiger partial charge in [-0.3, -0.25) is 9.59 Å². The summed E-state index contributed by atoms with van der Waals surface area (Å²) in [6, 6.07) is 16.1. The molecule has 2 amide bonds. The zero-order valence-electron chi connectivity index (χ0n) is 30.2. The second-order valence-electron chi connectivity index (χ2n) is 13.1. The summed E-state index contributed by atoms with van der Waals surface area (Å²) in [5.41, 5.74) is 0.939. The van der Waals surface area contributed by atoms with E-state index in [0.717, 1.165) is 31.4 Å². The Hall–Kier alpha value is -4.27. The highest BCUT2D eigenvalue weighted by molar-refractivity contribution is 7.98. The highest BCUT2D eigenvalue weighted by Crippen LogP contribution is 2.44. The predicted molar refractivity (Wildman–Crippen MR) is 203 cm³/mol. The fraction of sp³-hybridized carbons (Fsp3) is 0.447. The van der Waals surface area contributed by atoms with Gasteiger partial charge in [0.15, 0.2) is 6.61 Å². The number of fused-ring (bicyclic) bond motifs is 1. The first-order valence-electron chi connectivity index (χ1n) is 17.7. The lowest BCUT2D eigenvalue weighted by Gasteiger charge is -2.37. The quantitative estimate of drug-likeness (QED) is 0.0932. The van der Waals surface area contributed by atoms with Crippen molar-refractivity contribution >= 4 is 50.9 Å². The van der Waals surface area contributed by atoms with Gasteiger partial charge in [0.1, 0.15) is 28.5 Å². The van der Waals surface area contributed by atoms with Crippen molar-refractivity contribution in [1.29, 1.82) is 0 Å². The lowest BCUT2D eigenvalue weighted by molar-refractivity contribution is -0.142. The third kappa shape index (κ3) is 10.2. The molecule has 0 saturated carbocycles. The number of aliphatic carboxylic acids is 1. The monoisotopic (exact) mass is 754 g/mol. The zero-order chi connectivity index (χ0) is 37.9. The number of anilines is 2. The normalized spacial score (nSPS) is 15.8. The number of sulfonamides is 1. The number of phenols is 1. The van der Waals surface area contributed by atoms with Gasteiger partial charge in [-0.2, -0.15) is 0 Å². The lowest BCUT2D eigenvalue weighted by atomic mass is 9.87. The highest BCUT2D eigenvalue weighted by Gasteiger charge is 2.42. The summed E-state index contributed by atoms with van der Waals surface area (Å²) in [5, 5.41) is 24.5. The topological polar surface area (TPSA) is 174 Å². The fourth-order valence-corrected chi connectivity index (χ4v) is 8.56. The lowest BCUT2D eigenvalue weighted by Crippen LogP contribution is -2.53. The molecule has 3 aromatic carbocycles. The maximum absolute atomic E-state index is 14.3. The summed E-state index contributed by atoms with van der Waals surface area (Å²) in [4.78, 5) is 41.2. The van der Waals surface area contributed by atoms with Crippen LogP contribution in [0, 0.1) is 0 Å². The summed E-state index contributed by atoms with van der Waals surface area (Å²) in [7, 11) is -4.07. The molecule has 1 aliphatic rings. The Morgan fingerprint density at radius 1 is 0.962 bits per heavy atom. The number of unbranched alkanes of at least 4 members (excludes halogenated alkanes) is 2. The molecule has 0 radical (unpaired) electrons. The number of para-hydroxylation sites is 1. The van der Waals surface area contributed by atoms with E-state index in [0.29, 0.717) is 42.0 Å². The van der Waals surface area contributed by atoms with E-state index in [9.17, 15) is 33.0 Å². The molecule has 0 fully saturated rings. The molecule has 0 unspecified atom stereocenters. The second kappa shape index (κ2) is 18.5. The Labute approximate surface area is 310 Å². The second-order valence-corrected chi connectivity index (χ2v) is 15.6. The average Bonchev–Trinajstić information content (AvgIpc) is 3.22. The minimum Gasteiger partial charge on any atom is -0.508 e. The number of aromatic hydroxyl groups is 1. The summed E-state index contributed by atoms with van der Waals surface area (Å²) in [6.45, 7) is 5.83. The maximum Gasteiger partial charge on any atom is 0.326 e. The number of thioether (sulfide) groups is 1. The van der Waals surface area contributed by atoms with Crippen molar-refractivity contribution in [3.05, 3.63) is 72.3 Å². The first kappa shape index (κ1) is 40.5. The van der Waals surface area contributed by atoms with E-state index in [1.807, 2.05) is 36.6 Å². The molecule has 52 heavy (non-hydrogen) atoms. The van der Waals surface area contributed by atoms with Crippen LogP contribution in [-0.2, 0) is 24.4 Å². The van der Waals surface area contributed by atoms with Crippen LogP contribution in [0.4, 0.5) is 11.4 Å². The number of phenolic OH excluding ortho intramolecular Hbond substituents is 1. The molecule has 0 bridgehead atoms. The van der Waals surface area contributed by atoms with Gasteiger partial charge in [0.2, 0.25) is 15.9 Å². The number of nitrogens with one attached hydrogen (secondary N) is 3. The number of carboxylic acid groups (broad SMARTS) is 1. The molecule has 282 valence electrons. The van der Waals surface area contributed by atoms with Crippen LogP contribution >= 0.6 is 11.8 Å². The molecule has 0 saturated heterocycles. The molecule has 2 atom stereocenters. The molecule has 1 heterocycles. The molecule has 1 aliphatic heterocycles. The Morgan fingerprint density at radius 3 is 2.19 bits per heavy atom. The minimum absolute atomic E-state index is 0.0245. The number of rotatable bonds is 18. The predicted octanol–water partition coefficient (Wildman–Crippen LogP) is 6.27. The van der Waals surface area contributed by atoms with E-state index in [2.05, 4.69) is 34.1 Å². The largest absolute Gasteiger partial charge is 0.508 e. The molecule has 3 aromatic rings. The van der Waals surface area contributed by atoms with Gasteiger partial charge in [-0.05, 0) is 61.4 Å². The van der Waals surface area contributed by atoms with Crippen molar-refractivity contribution in [2.24, 2.45) is 0 Å². The number of carbonyl (C=O) groups is 3. The van der Waals surface area contributed by atoms with Crippen LogP contribution in [0.5, 0.6) is 11.5 Å². The molecule has 0 spiro atoms. The van der Waals surface area contributed by atoms with Gasteiger partial charge in [-0.15, -0.1) is 11.8 Å². The Balaban J connectivity index is 1.68. The van der Waals surface area contributed by atoms with Gasteiger partial charge in [-0.25, -0.2) is 17.9 Å². The van der Waals surface area contributed by atoms with Crippen molar-refractivity contribution in [2.45, 2.75) is 99.6 Å². The number of nitrogens with zero attached hydrogens (tertiary/aromatic N) is 1. The van der Waals surface area contributed by atoms with Crippen molar-refractivity contribution in [2.75, 3.05) is 24.3 Å². The summed E-state index contributed by atoms with van der Waals surface area (Å²) in [6.07, 6.45) is 7.39. The van der Waals surface area contributed by atoms with Crippen LogP contribution in [0.15, 0.2) is 76.5 Å². The van der Waals surface area contributed by atoms with Crippen LogP contribution in [0.25, 0.3) is 0 Å². The number of benzene rings is 3. The zero-order valence-corrected chi connectivity index (χ0v) is 31.8. The third-order valence-corrected chi connectivity index (χ3v) is 11.4. The maximum atomic E-state index is 14.3. The van der Waals surface area contributed by atoms with Crippen LogP contribution in [0.2, 0.25) is 0 Å². The molecular weight excluding hydrogens is 705 g/mol. The molecule has 0 aliphatic carbocycles. The van der Waals surface area contributed by atoms with Crippen molar-refractivity contribution < 1.29 is 37.8 Å². The smallest absolute Gasteiger partial charge is 0.326 e. The number of ether oxygens (including phenoxy) is 1. The molecule has 5 N–H and O–H groups in total. The molecule has 14 heteroatoms. The SMILES string of the molecule is CCCCC1(CCCC)CN(c2ccccc2)c2cc(SC)c(OCC(=O)N[C@@H](C(=O)N[C@@H](CCC)C(=O)O)c3ccc(O)cc3)cc2S(=O)(=O)N1. The highest BCUT2D eigenvalue weighted by atomic mass is 32.2. The summed E-state index contributed by atoms with van der Waals surface area (Å²) in [5.74, 6) is -2.53. The number of hydrogen-bond donors (Lipinski definition) is 5. The molecule has 4 rings (SSSR count). The molecular formula is C38H50N4O8S2. The van der Waals surface area contributed by atoms with Gasteiger partial charge in [0.05, 0.1) is 16.1 Å². The van der Waals surface area contributed by atoms with Crippen LogP contribution < -0.4 is 25.0 Å². The van der Waals surface area contributed by atoms with Gasteiger partial charge in [-0.1, -0.05) is 83.2 Å². The number of carboxylic acids is 1. The van der Waals surface area contributed by atoms with E-state index < -0.39 is 52.0 Å². The van der Waals surface area contributed by atoms with Crippen LogP contribution in [-0.4, -0.2) is 67.4 Å². The minimum atomic E-state index is -4.07. The van der Waals surface area contributed by atoms with Gasteiger partial charge in [0.25, 0.3) is 5.91 Å². The van der Waals surface area contributed by atoms with E-state index in [1.54, 1.807) is 13.0 Å². The Bertz CT molecular complexity index is 1780. The van der Waals surface area contributed by atoms with Crippen molar-refractivity contribution in [3.63, 3.8) is 0 Å². The van der Waals surface area contributed by atoms with Crippen molar-refractivity contribution in [3.8, 4) is 11.5 Å². The van der Waals surface area contributed by atoms with Crippen molar-refractivity contribution in [1.82, 2.24) is 15.4 Å². The van der Waals surface area contributed by atoms with Crippen LogP contribution in [0.1, 0.15) is 83.7 Å². The van der Waals surface area contributed by atoms with E-state index in [-0.39, 0.29) is 22.8 Å². The van der Waals surface area contributed by atoms with Gasteiger partial charge >= 0.3 is 5.97 Å². The number of carbonyl (C=O) groups excluding carboxylic acids is 2. The van der Waals surface area contributed by atoms with E-state index >= 15 is 0 Å². The summed E-state index contributed by atoms with van der Waals surface area (Å²) >= 11 is 1.34. The Morgan fingerprint density at radius 2 is 1.62 bits per heavy atom. The van der Waals surface area contributed by atoms with Gasteiger partial charge < -0.3 is 30.5 Å². The molecule has 12 nitrogen and oxygen atoms in total. The standard InChI is InChI=1S/C38H50N4O8S2/c1-5-8-20-38(21-9-6-2)25-42(27-14-11-10-12-15-27)30-22-32(51-4)31(23-33(30)52(48,49)41-38)50-24-34(44)40-35(26-16-18-28(43)19-17-26)36(45)39-29(13-7-3)37(46)47/h10-12,14-19,22-23,29,35,41,43H,5-9,13,20-21,24-25H2,1-4H3,(H,39,45)(H,40,44)(H,46,47)/t29-,35+/m0/s1. The Kier molecular flexibility index (Phi) is 14.4. The fourth-order valence-electron chi connectivity index (χ4n) is 6.36. The first-order valence-corrected chi connectivity index (χ1v) is 20.4. The number of hydrogen-bond acceptors (Lipinski definition) is 9. The third-order valence-electron chi connectivity index (χ3n) is 9.07. The summed E-state index contributed by atoms with van der Waals surface area (Å²) < 4.78 is 37.7. The number of amides is 2. The average molecular weight is 755 g/mol. The van der Waals surface area contributed by atoms with E-state index in [4.69, 9.17) is 4.74 Å². The van der Waals surface area contributed by atoms with Gasteiger partial charge in [0, 0.05) is 18.3 Å². The first-order chi connectivity index (χ1) is 24.9. The van der Waals surface area contributed by atoms with Crippen LogP contribution in [0.3, 0.4) is 0 Å². The van der Waals surface area contributed by atoms with E-state index in [1.165, 1.54) is 42.1 Å². The molecule has 0 aromatic heterocycles.